The Morgan fingerprint density at radius 2 is 1.68 bits per heavy atom. The van der Waals surface area contributed by atoms with Crippen LogP contribution in [0.3, 0.4) is 0 Å². The van der Waals surface area contributed by atoms with Gasteiger partial charge in [0.15, 0.2) is 23.6 Å². The van der Waals surface area contributed by atoms with Crippen LogP contribution in [0.2, 0.25) is 0 Å². The van der Waals surface area contributed by atoms with Crippen LogP contribution in [0.15, 0.2) is 41.7 Å². The molecular formula is C22H26BN7O12P2. The van der Waals surface area contributed by atoms with Gasteiger partial charge in [0.2, 0.25) is 5.95 Å². The molecule has 3 fully saturated rings. The van der Waals surface area contributed by atoms with E-state index in [4.69, 9.17) is 33.3 Å². The van der Waals surface area contributed by atoms with Crippen molar-refractivity contribution in [3.05, 3.63) is 47.3 Å². The number of fused-ring (bicyclic) bond motifs is 5. The maximum atomic E-state index is 13.6. The molecule has 6 N–H and O–H groups in total. The summed E-state index contributed by atoms with van der Waals surface area (Å²) < 4.78 is 63.3. The molecule has 44 heavy (non-hydrogen) atoms. The highest BCUT2D eigenvalue weighted by Gasteiger charge is 2.53. The number of imidazole rings is 2. The third kappa shape index (κ3) is 5.21. The number of nitrogens with one attached hydrogen (secondary N) is 1. The van der Waals surface area contributed by atoms with Crippen molar-refractivity contribution in [1.29, 1.82) is 0 Å². The Morgan fingerprint density at radius 3 is 2.50 bits per heavy atom. The lowest BCUT2D eigenvalue weighted by Gasteiger charge is -2.27. The molecule has 7 rings (SSSR count). The van der Waals surface area contributed by atoms with Gasteiger partial charge in [-0.25, -0.2) is 14.5 Å². The number of anilines is 1. The molecule has 0 amide bonds. The summed E-state index contributed by atoms with van der Waals surface area (Å²) in [6, 6.07) is 7.06. The number of aliphatic hydroxyl groups is 2. The molecule has 3 aliphatic heterocycles. The fraction of sp³-hybridized carbons (Fsp3) is 0.455. The van der Waals surface area contributed by atoms with Gasteiger partial charge in [-0.15, -0.1) is 0 Å². The number of phosphoric acid groups is 1. The predicted molar refractivity (Wildman–Crippen MR) is 150 cm³/mol. The van der Waals surface area contributed by atoms with Gasteiger partial charge in [0, 0.05) is 0 Å². The molecule has 234 valence electrons. The summed E-state index contributed by atoms with van der Waals surface area (Å²) in [5.41, 5.74) is 6.15. The second-order valence-electron chi connectivity index (χ2n) is 10.5. The number of rotatable bonds is 2. The Balaban J connectivity index is 1.21. The van der Waals surface area contributed by atoms with Crippen molar-refractivity contribution in [2.75, 3.05) is 18.9 Å². The number of benzene rings is 1. The van der Waals surface area contributed by atoms with E-state index in [-0.39, 0.29) is 17.1 Å². The van der Waals surface area contributed by atoms with Crippen LogP contribution < -0.4 is 11.3 Å². The fourth-order valence-corrected chi connectivity index (χ4v) is 7.64. The van der Waals surface area contributed by atoms with Crippen molar-refractivity contribution in [1.82, 2.24) is 29.1 Å². The van der Waals surface area contributed by atoms with E-state index in [0.29, 0.717) is 11.0 Å². The Bertz CT molecular complexity index is 1890. The minimum absolute atomic E-state index is 0.0306. The van der Waals surface area contributed by atoms with Gasteiger partial charge >= 0.3 is 7.82 Å². The number of aliphatic hydroxyl groups excluding tert-OH is 2. The first-order valence-electron chi connectivity index (χ1n) is 13.3. The average Bonchev–Trinajstić information content (AvgIpc) is 3.72. The fourth-order valence-electron chi connectivity index (χ4n) is 5.53. The standard InChI is InChI=1S/C22H26BN7O12P2/c23-43(34)37-6-12-16(15(32)20(40-12)29-7-25-9-3-1-2-4-10(9)29)42-44(35,36)38-5-11-14(31)17(41-43)21(39-11)30-8-26-13-18(30)27-22(24)28-19(13)33/h1-4,7-8,11-12,14-17,20-21,31-32H,5-6,23H2,(H,35,36)(H3,24,27,28,33)/t11-,12-,14?,15+,16?,17+,20-,21-,43?/m1/s1. The molecule has 10 atom stereocenters. The normalized spacial score (nSPS) is 38.2. The van der Waals surface area contributed by atoms with Gasteiger partial charge in [-0.05, 0) is 12.1 Å². The van der Waals surface area contributed by atoms with E-state index in [0.717, 1.165) is 7.57 Å². The minimum atomic E-state index is -4.95. The Hall–Kier alpha value is -3.00. The highest BCUT2D eigenvalue weighted by atomic mass is 31.2. The van der Waals surface area contributed by atoms with Crippen molar-refractivity contribution < 1.29 is 51.8 Å². The second-order valence-corrected chi connectivity index (χ2v) is 13.9. The van der Waals surface area contributed by atoms with Crippen molar-refractivity contribution in [2.24, 2.45) is 0 Å². The minimum Gasteiger partial charge on any atom is -0.387 e. The van der Waals surface area contributed by atoms with E-state index in [9.17, 15) is 29.0 Å². The van der Waals surface area contributed by atoms with Gasteiger partial charge in [-0.1, -0.05) is 12.1 Å². The molecule has 0 radical (unpaired) electrons. The summed E-state index contributed by atoms with van der Waals surface area (Å²) in [6.45, 7) is -1.23. The molecule has 3 aromatic heterocycles. The molecule has 1 aromatic carbocycles. The zero-order valence-corrected chi connectivity index (χ0v) is 24.5. The van der Waals surface area contributed by atoms with E-state index in [1.54, 1.807) is 24.3 Å². The third-order valence-electron chi connectivity index (χ3n) is 7.55. The monoisotopic (exact) mass is 653 g/mol. The molecule has 6 heterocycles. The Morgan fingerprint density at radius 1 is 0.955 bits per heavy atom. The summed E-state index contributed by atoms with van der Waals surface area (Å²) in [6.07, 6.45) is -8.42. The Labute approximate surface area is 247 Å². The Kier molecular flexibility index (Phi) is 7.30. The SMILES string of the molecule is BP1(=O)OC[C@H]2O[C@@H](n3cnc4ccccc43)[C@@H](O)C2OP(=O)(O)OC[C@H]2O[C@@H](n3cnc4c(=O)[nH]c(N)nc43)[C@@H](O1)C2O. The van der Waals surface area contributed by atoms with Crippen LogP contribution in [0.5, 0.6) is 0 Å². The van der Waals surface area contributed by atoms with E-state index in [1.807, 2.05) is 0 Å². The van der Waals surface area contributed by atoms with Gasteiger partial charge < -0.3 is 43.9 Å². The maximum Gasteiger partial charge on any atom is 0.472 e. The number of nitrogens with two attached hydrogens (primary N) is 1. The molecule has 3 saturated heterocycles. The molecule has 4 unspecified atom stereocenters. The van der Waals surface area contributed by atoms with Gasteiger partial charge in [-0.2, -0.15) is 4.98 Å². The van der Waals surface area contributed by atoms with Crippen LogP contribution >= 0.6 is 15.3 Å². The molecular weight excluding hydrogens is 627 g/mol. The second kappa shape index (κ2) is 10.8. The van der Waals surface area contributed by atoms with Crippen LogP contribution in [0.25, 0.3) is 22.2 Å². The van der Waals surface area contributed by atoms with Gasteiger partial charge in [-0.3, -0.25) is 28.0 Å². The van der Waals surface area contributed by atoms with Gasteiger partial charge in [0.05, 0.1) is 36.9 Å². The van der Waals surface area contributed by atoms with Crippen molar-refractivity contribution in [3.63, 3.8) is 0 Å². The van der Waals surface area contributed by atoms with E-state index < -0.39 is 83.1 Å². The third-order valence-corrected chi connectivity index (χ3v) is 9.78. The average molecular weight is 653 g/mol. The smallest absolute Gasteiger partial charge is 0.387 e. The number of para-hydroxylation sites is 2. The lowest BCUT2D eigenvalue weighted by molar-refractivity contribution is -0.0620. The van der Waals surface area contributed by atoms with Crippen LogP contribution in [0.4, 0.5) is 5.95 Å². The lowest BCUT2D eigenvalue weighted by atomic mass is 10.1. The summed E-state index contributed by atoms with van der Waals surface area (Å²) in [4.78, 5) is 37.7. The van der Waals surface area contributed by atoms with Crippen molar-refractivity contribution in [2.45, 2.75) is 49.1 Å². The van der Waals surface area contributed by atoms with Gasteiger partial charge in [0.1, 0.15) is 36.6 Å². The van der Waals surface area contributed by atoms with Crippen molar-refractivity contribution in [3.8, 4) is 0 Å². The molecule has 0 spiro atoms. The summed E-state index contributed by atoms with van der Waals surface area (Å²) in [7, 11) is -7.87. The zero-order chi connectivity index (χ0) is 31.0. The molecule has 19 nitrogen and oxygen atoms in total. The maximum absolute atomic E-state index is 13.6. The number of hydrogen-bond acceptors (Lipinski definition) is 15. The first-order valence-corrected chi connectivity index (χ1v) is 16.8. The number of hydrogen-bond donors (Lipinski definition) is 5. The van der Waals surface area contributed by atoms with Crippen LogP contribution in [-0.4, -0.2) is 102 Å². The number of phosphoric ester groups is 1. The number of H-pyrrole nitrogens is 1. The highest BCUT2D eigenvalue weighted by Crippen LogP contribution is 2.53. The number of ether oxygens (including phenoxy) is 2. The first kappa shape index (κ1) is 29.7. The van der Waals surface area contributed by atoms with Crippen LogP contribution in [0.1, 0.15) is 12.5 Å². The van der Waals surface area contributed by atoms with E-state index in [1.165, 1.54) is 21.8 Å². The molecule has 22 heteroatoms. The number of aromatic nitrogens is 6. The zero-order valence-electron chi connectivity index (χ0n) is 22.7. The number of nitrogens with zero attached hydrogens (tertiary/aromatic N) is 5. The van der Waals surface area contributed by atoms with Gasteiger partial charge in [0.25, 0.3) is 20.6 Å². The van der Waals surface area contributed by atoms with Crippen molar-refractivity contribution >= 4 is 51.0 Å². The molecule has 2 bridgehead atoms. The number of aromatic amines is 1. The first-order chi connectivity index (χ1) is 20.9. The summed E-state index contributed by atoms with van der Waals surface area (Å²) >= 11 is 0. The molecule has 4 aromatic rings. The largest absolute Gasteiger partial charge is 0.472 e. The quantitative estimate of drug-likeness (QED) is 0.127. The summed E-state index contributed by atoms with van der Waals surface area (Å²) in [5, 5.41) is 22.3. The predicted octanol–water partition coefficient (Wildman–Crippen LogP) is -1.07. The van der Waals surface area contributed by atoms with Crippen LogP contribution in [-0.2, 0) is 36.7 Å². The number of nitrogen functional groups attached to an aromatic ring is 1. The van der Waals surface area contributed by atoms with E-state index >= 15 is 0 Å². The molecule has 0 aliphatic carbocycles. The van der Waals surface area contributed by atoms with E-state index in [2.05, 4.69) is 19.9 Å². The highest BCUT2D eigenvalue weighted by molar-refractivity contribution is 7.79. The topological polar surface area (TPSA) is 258 Å². The lowest BCUT2D eigenvalue weighted by Crippen LogP contribution is -2.36. The van der Waals surface area contributed by atoms with Crippen LogP contribution in [0, 0.1) is 0 Å². The summed E-state index contributed by atoms with van der Waals surface area (Å²) in [5.74, 6) is -0.222. The molecule has 3 aliphatic rings. The molecule has 0 saturated carbocycles.